The summed E-state index contributed by atoms with van der Waals surface area (Å²) in [7, 11) is 0. The lowest BCUT2D eigenvalue weighted by Gasteiger charge is -2.13. The van der Waals surface area contributed by atoms with Crippen molar-refractivity contribution >= 4 is 5.78 Å². The molecule has 0 N–H and O–H groups in total. The quantitative estimate of drug-likeness (QED) is 0.412. The Labute approximate surface area is 163 Å². The van der Waals surface area contributed by atoms with Crippen molar-refractivity contribution in [2.45, 2.75) is 39.8 Å². The maximum atomic E-state index is 12.6. The largest absolute Gasteiger partial charge is 0.493 e. The number of carbonyl (C=O) groups is 1. The van der Waals surface area contributed by atoms with E-state index in [2.05, 4.69) is 19.8 Å². The Bertz CT molecular complexity index is 1000. The Balaban J connectivity index is 1.62. The molecule has 7 nitrogen and oxygen atoms in total. The standard InChI is InChI=1S/C19H18F3N3O4/c1-10-7-13(17-23-18(29-25-17)19(20,21)22)8-11(2)16(10)27-6-4-5-14(26)15-9-12(3)24-28-15/h7-9H,4-6H2,1-3H3. The molecule has 0 saturated heterocycles. The monoisotopic (exact) mass is 409 g/mol. The summed E-state index contributed by atoms with van der Waals surface area (Å²) in [6.07, 6.45) is -3.98. The van der Waals surface area contributed by atoms with Gasteiger partial charge in [0, 0.05) is 18.1 Å². The summed E-state index contributed by atoms with van der Waals surface area (Å²) >= 11 is 0. The number of hydrogen-bond donors (Lipinski definition) is 0. The molecule has 2 aromatic heterocycles. The SMILES string of the molecule is Cc1cc(C(=O)CCCOc2c(C)cc(-c3noc(C(F)(F)F)n3)cc2C)on1. The first-order chi connectivity index (χ1) is 13.6. The number of benzene rings is 1. The highest BCUT2D eigenvalue weighted by Crippen LogP contribution is 2.32. The predicted molar refractivity (Wildman–Crippen MR) is 94.5 cm³/mol. The fraction of sp³-hybridized carbons (Fsp3) is 0.368. The third-order valence-corrected chi connectivity index (χ3v) is 4.08. The molecule has 0 radical (unpaired) electrons. The van der Waals surface area contributed by atoms with Crippen molar-refractivity contribution in [2.24, 2.45) is 0 Å². The van der Waals surface area contributed by atoms with E-state index >= 15 is 0 Å². The van der Waals surface area contributed by atoms with Crippen LogP contribution in [0, 0.1) is 20.8 Å². The zero-order valence-electron chi connectivity index (χ0n) is 16.0. The van der Waals surface area contributed by atoms with E-state index in [0.717, 1.165) is 0 Å². The average Bonchev–Trinajstić information content (AvgIpc) is 3.29. The van der Waals surface area contributed by atoms with Gasteiger partial charge in [0.05, 0.1) is 12.3 Å². The molecule has 0 fully saturated rings. The second-order valence-electron chi connectivity index (χ2n) is 6.57. The van der Waals surface area contributed by atoms with Crippen molar-refractivity contribution < 1.29 is 31.7 Å². The molecule has 0 unspecified atom stereocenters. The van der Waals surface area contributed by atoms with Crippen molar-refractivity contribution in [1.82, 2.24) is 15.3 Å². The van der Waals surface area contributed by atoms with E-state index in [0.29, 0.717) is 41.2 Å². The Morgan fingerprint density at radius 2 is 1.76 bits per heavy atom. The lowest BCUT2D eigenvalue weighted by atomic mass is 10.1. The number of nitrogens with zero attached hydrogens (tertiary/aromatic N) is 3. The van der Waals surface area contributed by atoms with Gasteiger partial charge in [-0.2, -0.15) is 18.2 Å². The lowest BCUT2D eigenvalue weighted by Crippen LogP contribution is -2.05. The van der Waals surface area contributed by atoms with E-state index in [9.17, 15) is 18.0 Å². The predicted octanol–water partition coefficient (Wildman–Crippen LogP) is 4.71. The van der Waals surface area contributed by atoms with Gasteiger partial charge >= 0.3 is 12.1 Å². The highest BCUT2D eigenvalue weighted by Gasteiger charge is 2.38. The second kappa shape index (κ2) is 8.06. The number of aromatic nitrogens is 3. The van der Waals surface area contributed by atoms with Crippen LogP contribution in [0.4, 0.5) is 13.2 Å². The zero-order chi connectivity index (χ0) is 21.2. The topological polar surface area (TPSA) is 91.2 Å². The molecular formula is C19H18F3N3O4. The normalized spacial score (nSPS) is 11.7. The summed E-state index contributed by atoms with van der Waals surface area (Å²) in [6, 6.07) is 4.82. The molecule has 0 aliphatic heterocycles. The molecule has 2 heterocycles. The minimum atomic E-state index is -4.69. The minimum Gasteiger partial charge on any atom is -0.493 e. The van der Waals surface area contributed by atoms with Gasteiger partial charge in [-0.3, -0.25) is 4.79 Å². The fourth-order valence-electron chi connectivity index (χ4n) is 2.79. The van der Waals surface area contributed by atoms with E-state index in [-0.39, 0.29) is 23.8 Å². The summed E-state index contributed by atoms with van der Waals surface area (Å²) < 4.78 is 52.9. The van der Waals surface area contributed by atoms with E-state index < -0.39 is 12.1 Å². The van der Waals surface area contributed by atoms with Gasteiger partial charge in [0.25, 0.3) is 0 Å². The number of hydrogen-bond acceptors (Lipinski definition) is 7. The van der Waals surface area contributed by atoms with Crippen LogP contribution in [0.15, 0.2) is 27.2 Å². The molecule has 29 heavy (non-hydrogen) atoms. The number of alkyl halides is 3. The van der Waals surface area contributed by atoms with Gasteiger partial charge in [0.15, 0.2) is 0 Å². The van der Waals surface area contributed by atoms with Crippen LogP contribution in [-0.2, 0) is 6.18 Å². The fourth-order valence-corrected chi connectivity index (χ4v) is 2.79. The van der Waals surface area contributed by atoms with Gasteiger partial charge in [-0.05, 0) is 50.5 Å². The molecule has 3 rings (SSSR count). The Morgan fingerprint density at radius 1 is 1.07 bits per heavy atom. The van der Waals surface area contributed by atoms with Gasteiger partial charge in [0.2, 0.25) is 17.4 Å². The van der Waals surface area contributed by atoms with Crippen LogP contribution >= 0.6 is 0 Å². The van der Waals surface area contributed by atoms with Crippen LogP contribution in [0.25, 0.3) is 11.4 Å². The van der Waals surface area contributed by atoms with Gasteiger partial charge in [-0.15, -0.1) is 0 Å². The average molecular weight is 409 g/mol. The van der Waals surface area contributed by atoms with E-state index in [1.165, 1.54) is 0 Å². The van der Waals surface area contributed by atoms with Gasteiger partial charge in [0.1, 0.15) is 5.75 Å². The number of carbonyl (C=O) groups excluding carboxylic acids is 1. The number of Topliss-reactive ketones (excluding diaryl/α,β-unsaturated/α-hetero) is 1. The number of ketones is 1. The molecule has 0 aliphatic carbocycles. The third-order valence-electron chi connectivity index (χ3n) is 4.08. The Kier molecular flexibility index (Phi) is 5.71. The maximum Gasteiger partial charge on any atom is 0.471 e. The molecule has 10 heteroatoms. The molecule has 0 atom stereocenters. The first-order valence-electron chi connectivity index (χ1n) is 8.77. The van der Waals surface area contributed by atoms with Crippen molar-refractivity contribution in [1.29, 1.82) is 0 Å². The molecule has 0 saturated carbocycles. The van der Waals surface area contributed by atoms with Crippen LogP contribution < -0.4 is 4.74 Å². The smallest absolute Gasteiger partial charge is 0.471 e. The molecule has 0 amide bonds. The number of halogens is 3. The molecule has 3 aromatic rings. The summed E-state index contributed by atoms with van der Waals surface area (Å²) in [6.45, 7) is 5.55. The molecule has 0 aliphatic rings. The van der Waals surface area contributed by atoms with Crippen LogP contribution in [0.5, 0.6) is 5.75 Å². The molecule has 0 bridgehead atoms. The maximum absolute atomic E-state index is 12.6. The van der Waals surface area contributed by atoms with E-state index in [1.54, 1.807) is 39.0 Å². The van der Waals surface area contributed by atoms with Crippen molar-refractivity contribution in [3.63, 3.8) is 0 Å². The van der Waals surface area contributed by atoms with E-state index in [1.807, 2.05) is 0 Å². The Hall–Kier alpha value is -3.17. The summed E-state index contributed by atoms with van der Waals surface area (Å²) in [5.74, 6) is -0.887. The molecule has 0 spiro atoms. The van der Waals surface area contributed by atoms with E-state index in [4.69, 9.17) is 9.26 Å². The zero-order valence-corrected chi connectivity index (χ0v) is 16.0. The van der Waals surface area contributed by atoms with Crippen LogP contribution in [0.2, 0.25) is 0 Å². The van der Waals surface area contributed by atoms with Gasteiger partial charge < -0.3 is 13.8 Å². The molecule has 1 aromatic carbocycles. The van der Waals surface area contributed by atoms with Gasteiger partial charge in [-0.1, -0.05) is 10.3 Å². The first-order valence-corrected chi connectivity index (χ1v) is 8.77. The highest BCUT2D eigenvalue weighted by atomic mass is 19.4. The summed E-state index contributed by atoms with van der Waals surface area (Å²) in [5.41, 5.74) is 2.44. The van der Waals surface area contributed by atoms with Gasteiger partial charge in [-0.25, -0.2) is 0 Å². The minimum absolute atomic E-state index is 0.150. The number of aryl methyl sites for hydroxylation is 3. The number of ether oxygens (including phenoxy) is 1. The third kappa shape index (κ3) is 4.82. The summed E-state index contributed by atoms with van der Waals surface area (Å²) in [5, 5.41) is 7.07. The lowest BCUT2D eigenvalue weighted by molar-refractivity contribution is -0.159. The van der Waals surface area contributed by atoms with Crippen LogP contribution in [0.1, 0.15) is 46.1 Å². The van der Waals surface area contributed by atoms with Crippen LogP contribution in [-0.4, -0.2) is 27.7 Å². The molecule has 154 valence electrons. The summed E-state index contributed by atoms with van der Waals surface area (Å²) in [4.78, 5) is 15.4. The first kappa shape index (κ1) is 20.6. The molecular weight excluding hydrogens is 391 g/mol. The second-order valence-corrected chi connectivity index (χ2v) is 6.57. The van der Waals surface area contributed by atoms with Crippen molar-refractivity contribution in [3.8, 4) is 17.1 Å². The highest BCUT2D eigenvalue weighted by molar-refractivity contribution is 5.93. The Morgan fingerprint density at radius 3 is 2.31 bits per heavy atom. The van der Waals surface area contributed by atoms with Crippen LogP contribution in [0.3, 0.4) is 0 Å². The van der Waals surface area contributed by atoms with Crippen molar-refractivity contribution in [2.75, 3.05) is 6.61 Å². The van der Waals surface area contributed by atoms with Crippen molar-refractivity contribution in [3.05, 3.63) is 46.7 Å². The number of rotatable bonds is 7.